The summed E-state index contributed by atoms with van der Waals surface area (Å²) >= 11 is 0. The molecule has 2 N–H and O–H groups in total. The lowest BCUT2D eigenvalue weighted by molar-refractivity contribution is -0.390. The standard InChI is InChI=1S/C7H10N4O5S/c1-17(15,16)3-2-10-4-5(6(8)12)7(9-10)11(13)14/h4H,2-3H2,1H3,(H2,8,12). The molecule has 1 amide bonds. The minimum Gasteiger partial charge on any atom is -0.365 e. The molecule has 0 aliphatic carbocycles. The number of primary amides is 1. The fourth-order valence-corrected chi connectivity index (χ4v) is 1.61. The van der Waals surface area contributed by atoms with Crippen molar-refractivity contribution in [1.82, 2.24) is 9.78 Å². The molecule has 1 aromatic heterocycles. The van der Waals surface area contributed by atoms with Crippen LogP contribution >= 0.6 is 0 Å². The molecular weight excluding hydrogens is 252 g/mol. The summed E-state index contributed by atoms with van der Waals surface area (Å²) in [6.45, 7) is -0.0764. The Morgan fingerprint density at radius 1 is 1.65 bits per heavy atom. The number of carbonyl (C=O) groups excluding carboxylic acids is 1. The van der Waals surface area contributed by atoms with Crippen LogP contribution in [0.25, 0.3) is 0 Å². The zero-order valence-electron chi connectivity index (χ0n) is 8.86. The van der Waals surface area contributed by atoms with Crippen molar-refractivity contribution >= 4 is 21.6 Å². The van der Waals surface area contributed by atoms with Crippen molar-refractivity contribution in [3.05, 3.63) is 21.9 Å². The number of hydrogen-bond donors (Lipinski definition) is 1. The first-order valence-corrected chi connectivity index (χ1v) is 6.46. The predicted octanol–water partition coefficient (Wildman–Crippen LogP) is -1.07. The van der Waals surface area contributed by atoms with Gasteiger partial charge in [0, 0.05) is 6.26 Å². The average molecular weight is 262 g/mol. The minimum absolute atomic E-state index is 0.0764. The summed E-state index contributed by atoms with van der Waals surface area (Å²) in [5, 5.41) is 14.0. The first kappa shape index (κ1) is 13.1. The number of nitro groups is 1. The molecular formula is C7H10N4O5S. The fourth-order valence-electron chi connectivity index (χ4n) is 1.09. The molecule has 0 saturated heterocycles. The number of hydrogen-bond acceptors (Lipinski definition) is 6. The Balaban J connectivity index is 3.00. The zero-order chi connectivity index (χ0) is 13.2. The van der Waals surface area contributed by atoms with Gasteiger partial charge < -0.3 is 15.8 Å². The Kier molecular flexibility index (Phi) is 3.46. The topological polar surface area (TPSA) is 138 Å². The molecule has 1 rings (SSSR count). The molecule has 0 fully saturated rings. The van der Waals surface area contributed by atoms with Crippen LogP contribution in [-0.4, -0.2) is 41.0 Å². The first-order valence-electron chi connectivity index (χ1n) is 4.40. The number of amides is 1. The van der Waals surface area contributed by atoms with Gasteiger partial charge in [-0.25, -0.2) is 8.42 Å². The highest BCUT2D eigenvalue weighted by Gasteiger charge is 2.24. The van der Waals surface area contributed by atoms with Gasteiger partial charge in [-0.05, 0) is 4.92 Å². The lowest BCUT2D eigenvalue weighted by atomic mass is 10.3. The number of rotatable bonds is 5. The number of aryl methyl sites for hydroxylation is 1. The maximum absolute atomic E-state index is 10.9. The van der Waals surface area contributed by atoms with Crippen molar-refractivity contribution in [2.45, 2.75) is 6.54 Å². The first-order chi connectivity index (χ1) is 7.70. The lowest BCUT2D eigenvalue weighted by Gasteiger charge is -1.94. The van der Waals surface area contributed by atoms with E-state index in [4.69, 9.17) is 5.73 Å². The third-order valence-electron chi connectivity index (χ3n) is 1.87. The van der Waals surface area contributed by atoms with Gasteiger partial charge in [-0.1, -0.05) is 0 Å². The van der Waals surface area contributed by atoms with E-state index in [1.54, 1.807) is 0 Å². The van der Waals surface area contributed by atoms with E-state index in [1.165, 1.54) is 0 Å². The molecule has 0 bridgehead atoms. The summed E-state index contributed by atoms with van der Waals surface area (Å²) in [4.78, 5) is 20.6. The third kappa shape index (κ3) is 3.52. The maximum Gasteiger partial charge on any atom is 0.402 e. The summed E-state index contributed by atoms with van der Waals surface area (Å²) in [6, 6.07) is 0. The molecule has 0 aliphatic heterocycles. The molecule has 0 aliphatic rings. The molecule has 1 heterocycles. The van der Waals surface area contributed by atoms with Crippen LogP contribution in [0.4, 0.5) is 5.82 Å². The van der Waals surface area contributed by atoms with Gasteiger partial charge in [0.25, 0.3) is 5.91 Å². The van der Waals surface area contributed by atoms with E-state index in [2.05, 4.69) is 5.10 Å². The molecule has 0 radical (unpaired) electrons. The second-order valence-electron chi connectivity index (χ2n) is 3.38. The van der Waals surface area contributed by atoms with Crippen molar-refractivity contribution in [2.75, 3.05) is 12.0 Å². The van der Waals surface area contributed by atoms with Crippen molar-refractivity contribution in [3.63, 3.8) is 0 Å². The van der Waals surface area contributed by atoms with Gasteiger partial charge in [0.2, 0.25) is 0 Å². The number of carbonyl (C=O) groups is 1. The van der Waals surface area contributed by atoms with Gasteiger partial charge in [0.15, 0.2) is 5.56 Å². The Morgan fingerprint density at radius 2 is 2.24 bits per heavy atom. The molecule has 9 nitrogen and oxygen atoms in total. The quantitative estimate of drug-likeness (QED) is 0.529. The van der Waals surface area contributed by atoms with Gasteiger partial charge in [0.05, 0.1) is 23.6 Å². The van der Waals surface area contributed by atoms with Crippen LogP contribution in [0.15, 0.2) is 6.20 Å². The van der Waals surface area contributed by atoms with Gasteiger partial charge in [-0.3, -0.25) is 4.79 Å². The largest absolute Gasteiger partial charge is 0.402 e. The molecule has 0 saturated carbocycles. The van der Waals surface area contributed by atoms with Crippen molar-refractivity contribution in [2.24, 2.45) is 5.73 Å². The average Bonchev–Trinajstić information content (AvgIpc) is 2.57. The summed E-state index contributed by atoms with van der Waals surface area (Å²) in [5.74, 6) is -1.89. The molecule has 17 heavy (non-hydrogen) atoms. The van der Waals surface area contributed by atoms with E-state index in [0.717, 1.165) is 17.1 Å². The van der Waals surface area contributed by atoms with E-state index in [9.17, 15) is 23.3 Å². The van der Waals surface area contributed by atoms with Crippen LogP contribution in [0.5, 0.6) is 0 Å². The number of nitrogens with zero attached hydrogens (tertiary/aromatic N) is 3. The zero-order valence-corrected chi connectivity index (χ0v) is 9.68. The Morgan fingerprint density at radius 3 is 2.59 bits per heavy atom. The molecule has 0 spiro atoms. The fraction of sp³-hybridized carbons (Fsp3) is 0.429. The second kappa shape index (κ2) is 4.49. The lowest BCUT2D eigenvalue weighted by Crippen LogP contribution is -2.12. The number of sulfone groups is 1. The van der Waals surface area contributed by atoms with Gasteiger partial charge >= 0.3 is 5.82 Å². The Labute approximate surface area is 96.3 Å². The predicted molar refractivity (Wildman–Crippen MR) is 57.1 cm³/mol. The Bertz CT molecular complexity index is 529. The van der Waals surface area contributed by atoms with Crippen LogP contribution in [0, 0.1) is 10.1 Å². The van der Waals surface area contributed by atoms with Crippen molar-refractivity contribution < 1.29 is 18.1 Å². The summed E-state index contributed by atoms with van der Waals surface area (Å²) in [6.07, 6.45) is 2.09. The highest BCUT2D eigenvalue weighted by molar-refractivity contribution is 7.90. The van der Waals surface area contributed by atoms with Crippen LogP contribution < -0.4 is 5.73 Å². The second-order valence-corrected chi connectivity index (χ2v) is 5.64. The van der Waals surface area contributed by atoms with E-state index >= 15 is 0 Å². The van der Waals surface area contributed by atoms with Crippen LogP contribution in [-0.2, 0) is 16.4 Å². The van der Waals surface area contributed by atoms with Gasteiger partial charge in [-0.2, -0.15) is 4.68 Å². The summed E-state index contributed by atoms with van der Waals surface area (Å²) in [5.41, 5.74) is 4.59. The van der Waals surface area contributed by atoms with Crippen molar-refractivity contribution in [3.8, 4) is 0 Å². The van der Waals surface area contributed by atoms with Crippen molar-refractivity contribution in [1.29, 1.82) is 0 Å². The highest BCUT2D eigenvalue weighted by Crippen LogP contribution is 2.14. The van der Waals surface area contributed by atoms with Gasteiger partial charge in [0.1, 0.15) is 9.84 Å². The van der Waals surface area contributed by atoms with E-state index in [0.29, 0.717) is 0 Å². The monoisotopic (exact) mass is 262 g/mol. The number of aromatic nitrogens is 2. The normalized spacial score (nSPS) is 11.4. The van der Waals surface area contributed by atoms with Gasteiger partial charge in [-0.15, -0.1) is 0 Å². The van der Waals surface area contributed by atoms with E-state index in [-0.39, 0.29) is 17.9 Å². The smallest absolute Gasteiger partial charge is 0.365 e. The van der Waals surface area contributed by atoms with Crippen LogP contribution in [0.3, 0.4) is 0 Å². The van der Waals surface area contributed by atoms with E-state index < -0.39 is 26.5 Å². The third-order valence-corrected chi connectivity index (χ3v) is 2.80. The molecule has 0 atom stereocenters. The maximum atomic E-state index is 10.9. The highest BCUT2D eigenvalue weighted by atomic mass is 32.2. The molecule has 0 aromatic carbocycles. The molecule has 10 heteroatoms. The number of nitrogens with two attached hydrogens (primary N) is 1. The SMILES string of the molecule is CS(=O)(=O)CCn1cc(C(N)=O)c([N+](=O)[O-])n1. The van der Waals surface area contributed by atoms with Crippen LogP contribution in [0.2, 0.25) is 0 Å². The molecule has 94 valence electrons. The van der Waals surface area contributed by atoms with Crippen LogP contribution in [0.1, 0.15) is 10.4 Å². The Hall–Kier alpha value is -1.97. The molecule has 1 aromatic rings. The summed E-state index contributed by atoms with van der Waals surface area (Å²) in [7, 11) is -3.21. The molecule has 0 unspecified atom stereocenters. The minimum atomic E-state index is -3.21. The summed E-state index contributed by atoms with van der Waals surface area (Å²) < 4.78 is 22.8. The van der Waals surface area contributed by atoms with E-state index in [1.807, 2.05) is 0 Å².